The molecule has 0 aromatic carbocycles. The predicted octanol–water partition coefficient (Wildman–Crippen LogP) is 2.03. The van der Waals surface area contributed by atoms with Crippen LogP contribution < -0.4 is 5.32 Å². The van der Waals surface area contributed by atoms with Crippen molar-refractivity contribution in [1.29, 1.82) is 0 Å². The summed E-state index contributed by atoms with van der Waals surface area (Å²) in [4.78, 5) is 0. The molecule has 1 aliphatic carbocycles. The maximum Gasteiger partial charge on any atom is 0.115 e. The van der Waals surface area contributed by atoms with E-state index >= 15 is 0 Å². The summed E-state index contributed by atoms with van der Waals surface area (Å²) >= 11 is 0. The van der Waals surface area contributed by atoms with Crippen LogP contribution in [-0.4, -0.2) is 30.5 Å². The normalized spacial score (nSPS) is 41.8. The van der Waals surface area contributed by atoms with E-state index < -0.39 is 6.17 Å². The maximum atomic E-state index is 13.4. The molecular formula is C11H20FNO. The largest absolute Gasteiger partial charge is 0.374 e. The molecule has 2 fully saturated rings. The van der Waals surface area contributed by atoms with E-state index in [2.05, 4.69) is 19.2 Å². The van der Waals surface area contributed by atoms with Gasteiger partial charge in [0.15, 0.2) is 0 Å². The molecule has 0 spiro atoms. The van der Waals surface area contributed by atoms with E-state index in [1.54, 1.807) is 0 Å². The summed E-state index contributed by atoms with van der Waals surface area (Å²) in [5.41, 5.74) is -0.123. The molecule has 14 heavy (non-hydrogen) atoms. The fourth-order valence-corrected chi connectivity index (χ4v) is 2.53. The summed E-state index contributed by atoms with van der Waals surface area (Å²) in [5, 5.41) is 3.42. The quantitative estimate of drug-likeness (QED) is 0.738. The molecule has 1 saturated heterocycles. The first-order valence-corrected chi connectivity index (χ1v) is 5.64. The van der Waals surface area contributed by atoms with Gasteiger partial charge >= 0.3 is 0 Å². The summed E-state index contributed by atoms with van der Waals surface area (Å²) in [5.74, 6) is 0. The number of hydrogen-bond donors (Lipinski definition) is 1. The van der Waals surface area contributed by atoms with Crippen LogP contribution in [0.15, 0.2) is 0 Å². The van der Waals surface area contributed by atoms with Gasteiger partial charge in [0.25, 0.3) is 0 Å². The Bertz CT molecular complexity index is 207. The van der Waals surface area contributed by atoms with Crippen molar-refractivity contribution in [2.45, 2.75) is 63.4 Å². The van der Waals surface area contributed by atoms with Crippen LogP contribution in [0.5, 0.6) is 0 Å². The molecule has 2 nitrogen and oxygen atoms in total. The van der Waals surface area contributed by atoms with E-state index in [1.165, 1.54) is 0 Å². The van der Waals surface area contributed by atoms with Crippen molar-refractivity contribution < 1.29 is 9.13 Å². The SMILES string of the molecule is CC1(C)OCCC1N[C@@H]1CCC[C@@H]1F. The molecule has 2 rings (SSSR count). The van der Waals surface area contributed by atoms with E-state index in [-0.39, 0.29) is 11.6 Å². The summed E-state index contributed by atoms with van der Waals surface area (Å²) in [7, 11) is 0. The molecule has 2 aliphatic rings. The van der Waals surface area contributed by atoms with Crippen LogP contribution in [0.25, 0.3) is 0 Å². The Balaban J connectivity index is 1.90. The number of halogens is 1. The number of hydrogen-bond acceptors (Lipinski definition) is 2. The van der Waals surface area contributed by atoms with Gasteiger partial charge in [-0.2, -0.15) is 0 Å². The van der Waals surface area contributed by atoms with Crippen LogP contribution in [0.2, 0.25) is 0 Å². The highest BCUT2D eigenvalue weighted by Crippen LogP contribution is 2.29. The van der Waals surface area contributed by atoms with Crippen molar-refractivity contribution >= 4 is 0 Å². The first kappa shape index (κ1) is 10.4. The van der Waals surface area contributed by atoms with Gasteiger partial charge in [-0.05, 0) is 39.5 Å². The molecule has 0 amide bonds. The second-order valence-electron chi connectivity index (χ2n) is 5.01. The fourth-order valence-electron chi connectivity index (χ4n) is 2.53. The topological polar surface area (TPSA) is 21.3 Å². The van der Waals surface area contributed by atoms with Gasteiger partial charge in [-0.15, -0.1) is 0 Å². The highest BCUT2D eigenvalue weighted by Gasteiger charge is 2.39. The third kappa shape index (κ3) is 1.94. The minimum atomic E-state index is -0.647. The van der Waals surface area contributed by atoms with Crippen molar-refractivity contribution in [3.63, 3.8) is 0 Å². The first-order chi connectivity index (χ1) is 6.59. The minimum Gasteiger partial charge on any atom is -0.374 e. The van der Waals surface area contributed by atoms with Gasteiger partial charge in [0, 0.05) is 18.7 Å². The standard InChI is InChI=1S/C11H20FNO/c1-11(2)10(6-7-14-11)13-9-5-3-4-8(9)12/h8-10,13H,3-7H2,1-2H3/t8-,9+,10?/m0/s1. The van der Waals surface area contributed by atoms with Crippen LogP contribution in [0, 0.1) is 0 Å². The average molecular weight is 201 g/mol. The first-order valence-electron chi connectivity index (χ1n) is 5.64. The summed E-state index contributed by atoms with van der Waals surface area (Å²) in [6, 6.07) is 0.393. The van der Waals surface area contributed by atoms with E-state index in [9.17, 15) is 4.39 Å². The Morgan fingerprint density at radius 3 is 2.57 bits per heavy atom. The minimum absolute atomic E-state index is 0.0703. The maximum absolute atomic E-state index is 13.4. The average Bonchev–Trinajstić information content (AvgIpc) is 2.62. The lowest BCUT2D eigenvalue weighted by Crippen LogP contribution is -2.49. The zero-order valence-corrected chi connectivity index (χ0v) is 9.05. The molecule has 1 heterocycles. The van der Waals surface area contributed by atoms with Crippen molar-refractivity contribution in [2.24, 2.45) is 0 Å². The smallest absolute Gasteiger partial charge is 0.115 e. The molecule has 1 N–H and O–H groups in total. The van der Waals surface area contributed by atoms with Crippen LogP contribution in [0.4, 0.5) is 4.39 Å². The van der Waals surface area contributed by atoms with Crippen molar-refractivity contribution in [3.05, 3.63) is 0 Å². The number of alkyl halides is 1. The van der Waals surface area contributed by atoms with Gasteiger partial charge in [-0.25, -0.2) is 4.39 Å². The van der Waals surface area contributed by atoms with Gasteiger partial charge < -0.3 is 10.1 Å². The monoisotopic (exact) mass is 201 g/mol. The summed E-state index contributed by atoms with van der Waals surface area (Å²) in [6.45, 7) is 4.97. The second-order valence-corrected chi connectivity index (χ2v) is 5.01. The van der Waals surface area contributed by atoms with E-state index in [0.717, 1.165) is 32.3 Å². The highest BCUT2D eigenvalue weighted by atomic mass is 19.1. The number of rotatable bonds is 2. The molecule has 82 valence electrons. The highest BCUT2D eigenvalue weighted by molar-refractivity contribution is 4.95. The molecule has 1 unspecified atom stereocenters. The lowest BCUT2D eigenvalue weighted by atomic mass is 9.97. The molecule has 0 aromatic heterocycles. The van der Waals surface area contributed by atoms with Crippen molar-refractivity contribution in [2.75, 3.05) is 6.61 Å². The Morgan fingerprint density at radius 2 is 2.07 bits per heavy atom. The van der Waals surface area contributed by atoms with Crippen LogP contribution >= 0.6 is 0 Å². The van der Waals surface area contributed by atoms with Crippen LogP contribution in [0.3, 0.4) is 0 Å². The molecule has 0 radical (unpaired) electrons. The lowest BCUT2D eigenvalue weighted by Gasteiger charge is -2.30. The molecule has 0 aromatic rings. The Kier molecular flexibility index (Phi) is 2.80. The molecular weight excluding hydrogens is 181 g/mol. The van der Waals surface area contributed by atoms with Gasteiger partial charge in [0.05, 0.1) is 5.60 Å². The zero-order chi connectivity index (χ0) is 10.2. The van der Waals surface area contributed by atoms with E-state index in [1.807, 2.05) is 0 Å². The van der Waals surface area contributed by atoms with Gasteiger partial charge in [0.1, 0.15) is 6.17 Å². The Labute approximate surface area is 85.2 Å². The Morgan fingerprint density at radius 1 is 1.29 bits per heavy atom. The Hall–Kier alpha value is -0.150. The van der Waals surface area contributed by atoms with Gasteiger partial charge in [-0.3, -0.25) is 0 Å². The molecule has 3 heteroatoms. The zero-order valence-electron chi connectivity index (χ0n) is 9.05. The third-order valence-corrected chi connectivity index (χ3v) is 3.57. The molecule has 1 saturated carbocycles. The van der Waals surface area contributed by atoms with Crippen molar-refractivity contribution in [1.82, 2.24) is 5.32 Å². The molecule has 1 aliphatic heterocycles. The molecule has 0 bridgehead atoms. The van der Waals surface area contributed by atoms with Crippen LogP contribution in [0.1, 0.15) is 39.5 Å². The summed E-state index contributed by atoms with van der Waals surface area (Å²) in [6.07, 6.45) is 3.09. The fraction of sp³-hybridized carbons (Fsp3) is 1.00. The van der Waals surface area contributed by atoms with E-state index in [0.29, 0.717) is 6.04 Å². The predicted molar refractivity (Wildman–Crippen MR) is 54.1 cm³/mol. The number of ether oxygens (including phenoxy) is 1. The molecule has 3 atom stereocenters. The van der Waals surface area contributed by atoms with Crippen molar-refractivity contribution in [3.8, 4) is 0 Å². The lowest BCUT2D eigenvalue weighted by molar-refractivity contribution is 0.0180. The van der Waals surface area contributed by atoms with Gasteiger partial charge in [0.2, 0.25) is 0 Å². The third-order valence-electron chi connectivity index (χ3n) is 3.57. The van der Waals surface area contributed by atoms with Gasteiger partial charge in [-0.1, -0.05) is 0 Å². The van der Waals surface area contributed by atoms with Crippen LogP contribution in [-0.2, 0) is 4.74 Å². The summed E-state index contributed by atoms with van der Waals surface area (Å²) < 4.78 is 19.0. The second kappa shape index (κ2) is 3.78. The van der Waals surface area contributed by atoms with E-state index in [4.69, 9.17) is 4.74 Å². The number of nitrogens with one attached hydrogen (secondary N) is 1.